The number of rotatable bonds is 2. The highest BCUT2D eigenvalue weighted by atomic mass is 14.7. The van der Waals surface area contributed by atoms with E-state index in [1.165, 1.54) is 11.1 Å². The Morgan fingerprint density at radius 3 is 2.56 bits per heavy atom. The second-order valence-corrected chi connectivity index (χ2v) is 6.61. The third-order valence-corrected chi connectivity index (χ3v) is 4.54. The number of pyridine rings is 1. The van der Waals surface area contributed by atoms with Crippen LogP contribution in [-0.4, -0.2) is 4.98 Å². The zero-order valence-electron chi connectivity index (χ0n) is 14.9. The molecule has 0 spiro atoms. The molecule has 25 heavy (non-hydrogen) atoms. The summed E-state index contributed by atoms with van der Waals surface area (Å²) in [6, 6.07) is 8.12. The van der Waals surface area contributed by atoms with Crippen molar-refractivity contribution in [2.75, 3.05) is 11.5 Å². The molecule has 1 aromatic heterocycles. The molecule has 2 aromatic rings. The molecule has 1 aliphatic carbocycles. The fourth-order valence-corrected chi connectivity index (χ4v) is 3.16. The van der Waals surface area contributed by atoms with Crippen LogP contribution in [-0.2, 0) is 0 Å². The average Bonchev–Trinajstić information content (AvgIpc) is 2.69. The van der Waals surface area contributed by atoms with E-state index < -0.39 is 0 Å². The van der Waals surface area contributed by atoms with E-state index in [9.17, 15) is 0 Å². The molecule has 3 nitrogen and oxygen atoms in total. The molecule has 0 unspecified atom stereocenters. The molecule has 1 aromatic carbocycles. The van der Waals surface area contributed by atoms with E-state index in [-0.39, 0.29) is 0 Å². The maximum atomic E-state index is 6.44. The second kappa shape index (κ2) is 7.39. The van der Waals surface area contributed by atoms with Gasteiger partial charge in [-0.1, -0.05) is 35.9 Å². The van der Waals surface area contributed by atoms with Gasteiger partial charge in [-0.05, 0) is 62.4 Å². The van der Waals surface area contributed by atoms with Gasteiger partial charge in [0.2, 0.25) is 0 Å². The number of allylic oxidation sites excluding steroid dienone is 6. The quantitative estimate of drug-likeness (QED) is 0.735. The molecule has 1 heterocycles. The van der Waals surface area contributed by atoms with Crippen LogP contribution in [0.2, 0.25) is 0 Å². The lowest BCUT2D eigenvalue weighted by atomic mass is 9.94. The normalized spacial score (nSPS) is 15.0. The number of anilines is 2. The number of hydrogen-bond acceptors (Lipinski definition) is 3. The third-order valence-electron chi connectivity index (χ3n) is 4.54. The molecule has 0 aliphatic heterocycles. The van der Waals surface area contributed by atoms with E-state index in [0.717, 1.165) is 41.6 Å². The van der Waals surface area contributed by atoms with Gasteiger partial charge in [-0.2, -0.15) is 0 Å². The first kappa shape index (κ1) is 17.0. The van der Waals surface area contributed by atoms with Gasteiger partial charge in [-0.3, -0.25) is 4.98 Å². The molecule has 0 radical (unpaired) electrons. The SMILES string of the molecule is CC1=CC=CCCCC(c2ccc(-c3cc(C)ccn3)c(N)c2N)=C1. The van der Waals surface area contributed by atoms with Crippen LogP contribution in [0.15, 0.2) is 60.3 Å². The Morgan fingerprint density at radius 1 is 1.00 bits per heavy atom. The zero-order chi connectivity index (χ0) is 17.8. The Hall–Kier alpha value is -2.81. The van der Waals surface area contributed by atoms with Crippen LogP contribution < -0.4 is 11.5 Å². The second-order valence-electron chi connectivity index (χ2n) is 6.61. The number of nitrogen functional groups attached to an aromatic ring is 2. The van der Waals surface area contributed by atoms with Crippen molar-refractivity contribution >= 4 is 16.9 Å². The largest absolute Gasteiger partial charge is 0.397 e. The van der Waals surface area contributed by atoms with Crippen LogP contribution >= 0.6 is 0 Å². The number of nitrogens with zero attached hydrogens (tertiary/aromatic N) is 1. The predicted octanol–water partition coefficient (Wildman–Crippen LogP) is 5.29. The van der Waals surface area contributed by atoms with Crippen molar-refractivity contribution < 1.29 is 0 Å². The standard InChI is InChI=1S/C22H25N3/c1-15-7-5-3-4-6-8-17(13-15)18-9-10-19(22(24)21(18)23)20-14-16(2)11-12-25-20/h3,5,7,9-14H,4,6,8,23-24H2,1-2H3. The van der Waals surface area contributed by atoms with Gasteiger partial charge in [0.15, 0.2) is 0 Å². The lowest BCUT2D eigenvalue weighted by Gasteiger charge is -2.16. The Kier molecular flexibility index (Phi) is 5.03. The van der Waals surface area contributed by atoms with E-state index in [4.69, 9.17) is 11.5 Å². The molecule has 0 bridgehead atoms. The molecule has 1 aliphatic rings. The highest BCUT2D eigenvalue weighted by Gasteiger charge is 2.14. The molecule has 3 rings (SSSR count). The summed E-state index contributed by atoms with van der Waals surface area (Å²) in [5.74, 6) is 0. The van der Waals surface area contributed by atoms with Crippen molar-refractivity contribution in [2.45, 2.75) is 33.1 Å². The molecule has 3 heteroatoms. The first-order chi connectivity index (χ1) is 12.1. The molecule has 0 amide bonds. The minimum atomic E-state index is 0.608. The lowest BCUT2D eigenvalue weighted by Crippen LogP contribution is -2.03. The maximum absolute atomic E-state index is 6.44. The Morgan fingerprint density at radius 2 is 1.76 bits per heavy atom. The third kappa shape index (κ3) is 3.82. The van der Waals surface area contributed by atoms with E-state index >= 15 is 0 Å². The average molecular weight is 331 g/mol. The first-order valence-corrected chi connectivity index (χ1v) is 8.71. The fraction of sp³-hybridized carbons (Fsp3) is 0.227. The van der Waals surface area contributed by atoms with Crippen molar-refractivity contribution in [3.8, 4) is 11.3 Å². The summed E-state index contributed by atoms with van der Waals surface area (Å²) in [6.45, 7) is 4.16. The summed E-state index contributed by atoms with van der Waals surface area (Å²) in [7, 11) is 0. The van der Waals surface area contributed by atoms with E-state index in [0.29, 0.717) is 11.4 Å². The Bertz CT molecular complexity index is 873. The smallest absolute Gasteiger partial charge is 0.0726 e. The van der Waals surface area contributed by atoms with Crippen molar-refractivity contribution in [3.05, 3.63) is 71.5 Å². The molecular formula is C22H25N3. The van der Waals surface area contributed by atoms with Gasteiger partial charge in [0, 0.05) is 17.3 Å². The Labute approximate surface area is 149 Å². The van der Waals surface area contributed by atoms with Gasteiger partial charge in [-0.25, -0.2) is 0 Å². The molecular weight excluding hydrogens is 306 g/mol. The molecule has 0 fully saturated rings. The molecule has 0 saturated carbocycles. The maximum Gasteiger partial charge on any atom is 0.0726 e. The van der Waals surface area contributed by atoms with Gasteiger partial charge in [0.1, 0.15) is 0 Å². The number of nitrogens with two attached hydrogens (primary N) is 2. The van der Waals surface area contributed by atoms with E-state index in [2.05, 4.69) is 42.3 Å². The van der Waals surface area contributed by atoms with Crippen molar-refractivity contribution in [2.24, 2.45) is 0 Å². The van der Waals surface area contributed by atoms with Crippen molar-refractivity contribution in [3.63, 3.8) is 0 Å². The first-order valence-electron chi connectivity index (χ1n) is 8.71. The van der Waals surface area contributed by atoms with Gasteiger partial charge in [0.25, 0.3) is 0 Å². The minimum absolute atomic E-state index is 0.608. The summed E-state index contributed by atoms with van der Waals surface area (Å²) < 4.78 is 0. The van der Waals surface area contributed by atoms with Gasteiger partial charge in [-0.15, -0.1) is 0 Å². The summed E-state index contributed by atoms with van der Waals surface area (Å²) in [4.78, 5) is 4.44. The summed E-state index contributed by atoms with van der Waals surface area (Å²) >= 11 is 0. The zero-order valence-corrected chi connectivity index (χ0v) is 14.9. The molecule has 4 N–H and O–H groups in total. The Balaban J connectivity index is 2.05. The van der Waals surface area contributed by atoms with Crippen LogP contribution in [0.1, 0.15) is 37.3 Å². The fourth-order valence-electron chi connectivity index (χ4n) is 3.16. The molecule has 128 valence electrons. The number of aryl methyl sites for hydroxylation is 1. The lowest BCUT2D eigenvalue weighted by molar-refractivity contribution is 0.880. The van der Waals surface area contributed by atoms with Gasteiger partial charge < -0.3 is 11.5 Å². The van der Waals surface area contributed by atoms with Crippen molar-refractivity contribution in [1.82, 2.24) is 4.98 Å². The van der Waals surface area contributed by atoms with Gasteiger partial charge >= 0.3 is 0 Å². The van der Waals surface area contributed by atoms with Crippen LogP contribution in [0.3, 0.4) is 0 Å². The van der Waals surface area contributed by atoms with Crippen LogP contribution in [0.4, 0.5) is 11.4 Å². The van der Waals surface area contributed by atoms with E-state index in [1.54, 1.807) is 6.20 Å². The molecule has 0 atom stereocenters. The summed E-state index contributed by atoms with van der Waals surface area (Å²) in [5.41, 5.74) is 20.5. The number of aromatic nitrogens is 1. The number of benzene rings is 1. The van der Waals surface area contributed by atoms with Crippen LogP contribution in [0.25, 0.3) is 16.8 Å². The van der Waals surface area contributed by atoms with Crippen LogP contribution in [0.5, 0.6) is 0 Å². The minimum Gasteiger partial charge on any atom is -0.397 e. The predicted molar refractivity (Wildman–Crippen MR) is 108 cm³/mol. The topological polar surface area (TPSA) is 64.9 Å². The highest BCUT2D eigenvalue weighted by Crippen LogP contribution is 2.37. The van der Waals surface area contributed by atoms with Crippen molar-refractivity contribution in [1.29, 1.82) is 0 Å². The molecule has 0 saturated heterocycles. The summed E-state index contributed by atoms with van der Waals surface area (Å²) in [6.07, 6.45) is 13.6. The van der Waals surface area contributed by atoms with E-state index in [1.807, 2.05) is 25.1 Å². The highest BCUT2D eigenvalue weighted by molar-refractivity contribution is 5.91. The summed E-state index contributed by atoms with van der Waals surface area (Å²) in [5, 5.41) is 0. The van der Waals surface area contributed by atoms with Gasteiger partial charge in [0.05, 0.1) is 17.1 Å². The van der Waals surface area contributed by atoms with Crippen LogP contribution in [0, 0.1) is 6.92 Å². The monoisotopic (exact) mass is 331 g/mol. The number of hydrogen-bond donors (Lipinski definition) is 2.